The fourth-order valence-corrected chi connectivity index (χ4v) is 3.44. The molecule has 1 nitrogen and oxygen atoms in total. The van der Waals surface area contributed by atoms with E-state index in [2.05, 4.69) is 13.8 Å². The van der Waals surface area contributed by atoms with Gasteiger partial charge >= 0.3 is 0 Å². The molecule has 1 N–H and O–H groups in total. The van der Waals surface area contributed by atoms with E-state index in [1.54, 1.807) is 0 Å². The summed E-state index contributed by atoms with van der Waals surface area (Å²) in [5, 5.41) is 11.3. The van der Waals surface area contributed by atoms with Gasteiger partial charge in [0, 0.05) is 10.6 Å². The lowest BCUT2D eigenvalue weighted by molar-refractivity contribution is -0.00100. The lowest BCUT2D eigenvalue weighted by Crippen LogP contribution is -2.29. The van der Waals surface area contributed by atoms with E-state index < -0.39 is 5.60 Å². The highest BCUT2D eigenvalue weighted by Crippen LogP contribution is 2.53. The van der Waals surface area contributed by atoms with Gasteiger partial charge in [-0.25, -0.2) is 4.39 Å². The van der Waals surface area contributed by atoms with Gasteiger partial charge in [0.1, 0.15) is 5.82 Å². The molecule has 0 spiro atoms. The minimum absolute atomic E-state index is 0.0593. The van der Waals surface area contributed by atoms with E-state index in [-0.39, 0.29) is 17.2 Å². The van der Waals surface area contributed by atoms with E-state index in [0.29, 0.717) is 17.0 Å². The first-order valence-corrected chi connectivity index (χ1v) is 6.30. The molecule has 0 amide bonds. The fourth-order valence-electron chi connectivity index (χ4n) is 3.16. The van der Waals surface area contributed by atoms with Crippen molar-refractivity contribution in [3.8, 4) is 0 Å². The third kappa shape index (κ3) is 2.21. The number of benzene rings is 1. The van der Waals surface area contributed by atoms with Gasteiger partial charge < -0.3 is 5.11 Å². The fraction of sp³-hybridized carbons (Fsp3) is 0.571. The van der Waals surface area contributed by atoms with Crippen molar-refractivity contribution in [2.45, 2.75) is 39.2 Å². The van der Waals surface area contributed by atoms with Crippen molar-refractivity contribution in [1.82, 2.24) is 0 Å². The van der Waals surface area contributed by atoms with E-state index in [4.69, 9.17) is 11.6 Å². The molecule has 1 fully saturated rings. The van der Waals surface area contributed by atoms with Gasteiger partial charge in [-0.1, -0.05) is 32.4 Å². The average molecular weight is 257 g/mol. The summed E-state index contributed by atoms with van der Waals surface area (Å²) in [5.41, 5.74) is -0.427. The Bertz CT molecular complexity index is 444. The normalized spacial score (nSPS) is 31.8. The third-order valence-electron chi connectivity index (χ3n) is 3.82. The zero-order valence-electron chi connectivity index (χ0n) is 10.4. The van der Waals surface area contributed by atoms with Crippen molar-refractivity contribution in [3.63, 3.8) is 0 Å². The van der Waals surface area contributed by atoms with Crippen LogP contribution in [0, 0.1) is 17.2 Å². The van der Waals surface area contributed by atoms with Crippen molar-refractivity contribution >= 4 is 11.6 Å². The van der Waals surface area contributed by atoms with Gasteiger partial charge in [0.05, 0.1) is 5.60 Å². The van der Waals surface area contributed by atoms with Gasteiger partial charge in [-0.15, -0.1) is 0 Å². The third-order valence-corrected chi connectivity index (χ3v) is 4.15. The minimum Gasteiger partial charge on any atom is -0.385 e. The van der Waals surface area contributed by atoms with Crippen molar-refractivity contribution in [3.05, 3.63) is 34.6 Å². The molecule has 0 radical (unpaired) electrons. The second kappa shape index (κ2) is 3.96. The van der Waals surface area contributed by atoms with Crippen molar-refractivity contribution in [1.29, 1.82) is 0 Å². The number of aliphatic hydroxyl groups is 1. The molecule has 2 unspecified atom stereocenters. The van der Waals surface area contributed by atoms with Crippen molar-refractivity contribution < 1.29 is 9.50 Å². The molecular formula is C14H18ClFO. The van der Waals surface area contributed by atoms with Crippen molar-refractivity contribution in [2.75, 3.05) is 0 Å². The van der Waals surface area contributed by atoms with Crippen LogP contribution in [-0.4, -0.2) is 5.11 Å². The summed E-state index contributed by atoms with van der Waals surface area (Å²) in [6.45, 7) is 6.24. The van der Waals surface area contributed by atoms with Crippen LogP contribution in [0.5, 0.6) is 0 Å². The summed E-state index contributed by atoms with van der Waals surface area (Å²) < 4.78 is 13.3. The zero-order chi connectivity index (χ0) is 12.8. The summed E-state index contributed by atoms with van der Waals surface area (Å²) in [4.78, 5) is 0. The lowest BCUT2D eigenvalue weighted by Gasteiger charge is -2.30. The van der Waals surface area contributed by atoms with E-state index >= 15 is 0 Å². The maximum atomic E-state index is 13.3. The molecule has 0 aromatic heterocycles. The van der Waals surface area contributed by atoms with Gasteiger partial charge in [-0.05, 0) is 42.4 Å². The van der Waals surface area contributed by atoms with E-state index in [9.17, 15) is 9.50 Å². The standard InChI is InChI=1S/C14H18ClFO/c1-9-7-13(2,3)8-14(9,17)11-6-10(16)4-5-12(11)15/h4-6,9,17H,7-8H2,1-3H3. The van der Waals surface area contributed by atoms with Crippen LogP contribution in [-0.2, 0) is 5.60 Å². The van der Waals surface area contributed by atoms with Crippen LogP contribution in [0.25, 0.3) is 0 Å². The summed E-state index contributed by atoms with van der Waals surface area (Å²) in [6.07, 6.45) is 1.53. The predicted molar refractivity (Wildman–Crippen MR) is 67.5 cm³/mol. The summed E-state index contributed by atoms with van der Waals surface area (Å²) in [6, 6.07) is 4.20. The van der Waals surface area contributed by atoms with E-state index in [1.165, 1.54) is 18.2 Å². The first kappa shape index (κ1) is 12.8. The summed E-state index contributed by atoms with van der Waals surface area (Å²) >= 11 is 6.10. The van der Waals surface area contributed by atoms with Gasteiger partial charge in [-0.3, -0.25) is 0 Å². The Morgan fingerprint density at radius 3 is 2.59 bits per heavy atom. The number of halogens is 2. The maximum absolute atomic E-state index is 13.3. The molecule has 1 saturated carbocycles. The van der Waals surface area contributed by atoms with E-state index in [1.807, 2.05) is 6.92 Å². The molecule has 1 aromatic carbocycles. The van der Waals surface area contributed by atoms with Crippen LogP contribution in [0.2, 0.25) is 5.02 Å². The van der Waals surface area contributed by atoms with Crippen molar-refractivity contribution in [2.24, 2.45) is 11.3 Å². The molecule has 1 aliphatic carbocycles. The Balaban J connectivity index is 2.48. The molecule has 0 heterocycles. The number of hydrogen-bond acceptors (Lipinski definition) is 1. The van der Waals surface area contributed by atoms with E-state index in [0.717, 1.165) is 6.42 Å². The molecule has 0 aliphatic heterocycles. The molecule has 17 heavy (non-hydrogen) atoms. The second-order valence-corrected chi connectivity index (χ2v) is 6.40. The zero-order valence-corrected chi connectivity index (χ0v) is 11.2. The quantitative estimate of drug-likeness (QED) is 0.801. The maximum Gasteiger partial charge on any atom is 0.123 e. The molecule has 1 aliphatic rings. The highest BCUT2D eigenvalue weighted by Gasteiger charge is 2.49. The molecule has 2 atom stereocenters. The van der Waals surface area contributed by atoms with Crippen LogP contribution in [0.3, 0.4) is 0 Å². The lowest BCUT2D eigenvalue weighted by atomic mass is 9.83. The highest BCUT2D eigenvalue weighted by molar-refractivity contribution is 6.31. The van der Waals surface area contributed by atoms with Gasteiger partial charge in [0.2, 0.25) is 0 Å². The monoisotopic (exact) mass is 256 g/mol. The van der Waals surface area contributed by atoms with Crippen LogP contribution >= 0.6 is 11.6 Å². The smallest absolute Gasteiger partial charge is 0.123 e. The Labute approximate surface area is 107 Å². The topological polar surface area (TPSA) is 20.2 Å². The van der Waals surface area contributed by atoms with Crippen LogP contribution in [0.15, 0.2) is 18.2 Å². The average Bonchev–Trinajstić information content (AvgIpc) is 2.40. The number of rotatable bonds is 1. The van der Waals surface area contributed by atoms with Crippen LogP contribution in [0.4, 0.5) is 4.39 Å². The SMILES string of the molecule is CC1CC(C)(C)CC1(O)c1cc(F)ccc1Cl. The molecule has 2 rings (SSSR count). The molecule has 94 valence electrons. The van der Waals surface area contributed by atoms with Gasteiger partial charge in [-0.2, -0.15) is 0 Å². The molecular weight excluding hydrogens is 239 g/mol. The molecule has 0 saturated heterocycles. The Hall–Kier alpha value is -0.600. The van der Waals surface area contributed by atoms with Gasteiger partial charge in [0.15, 0.2) is 0 Å². The Morgan fingerprint density at radius 1 is 1.41 bits per heavy atom. The second-order valence-electron chi connectivity index (χ2n) is 5.99. The molecule has 3 heteroatoms. The Kier molecular flexibility index (Phi) is 2.99. The minimum atomic E-state index is -1.01. The molecule has 1 aromatic rings. The predicted octanol–water partition coefficient (Wildman–Crippen LogP) is 4.12. The largest absolute Gasteiger partial charge is 0.385 e. The van der Waals surface area contributed by atoms with Crippen LogP contribution in [0.1, 0.15) is 39.2 Å². The Morgan fingerprint density at radius 2 is 2.06 bits per heavy atom. The first-order valence-electron chi connectivity index (χ1n) is 5.92. The van der Waals surface area contributed by atoms with Gasteiger partial charge in [0.25, 0.3) is 0 Å². The highest BCUT2D eigenvalue weighted by atomic mass is 35.5. The summed E-state index contributed by atoms with van der Waals surface area (Å²) in [7, 11) is 0. The number of hydrogen-bond donors (Lipinski definition) is 1. The first-order chi connectivity index (χ1) is 7.74. The molecule has 0 bridgehead atoms. The summed E-state index contributed by atoms with van der Waals surface area (Å²) in [5.74, 6) is -0.272. The van der Waals surface area contributed by atoms with Crippen LogP contribution < -0.4 is 0 Å².